The highest BCUT2D eigenvalue weighted by Crippen LogP contribution is 2.27. The number of nitrogens with zero attached hydrogens (tertiary/aromatic N) is 1. The van der Waals surface area contributed by atoms with E-state index in [4.69, 9.17) is 0 Å². The molecular weight excluding hydrogens is 262 g/mol. The monoisotopic (exact) mass is 281 g/mol. The van der Waals surface area contributed by atoms with Gasteiger partial charge in [-0.3, -0.25) is 4.79 Å². The summed E-state index contributed by atoms with van der Waals surface area (Å²) < 4.78 is 0. The maximum Gasteiger partial charge on any atom is 0.227 e. The molecule has 1 fully saturated rings. The molecule has 3 nitrogen and oxygen atoms in total. The Morgan fingerprint density at radius 2 is 1.81 bits per heavy atom. The van der Waals surface area contributed by atoms with E-state index in [0.29, 0.717) is 11.5 Å². The molecule has 1 heterocycles. The van der Waals surface area contributed by atoms with Gasteiger partial charge in [0.2, 0.25) is 5.91 Å². The average Bonchev–Trinajstić information content (AvgIpc) is 3.00. The molecule has 1 aliphatic heterocycles. The minimum atomic E-state index is 0.0925. The Morgan fingerprint density at radius 3 is 2.57 bits per heavy atom. The highest BCUT2D eigenvalue weighted by atomic mass is 16.3. The Hall–Kier alpha value is -2.29. The van der Waals surface area contributed by atoms with Crippen LogP contribution in [0.5, 0.6) is 5.75 Å². The molecule has 0 spiro atoms. The summed E-state index contributed by atoms with van der Waals surface area (Å²) >= 11 is 0. The Balaban J connectivity index is 1.64. The number of para-hydroxylation sites is 1. The van der Waals surface area contributed by atoms with Crippen molar-refractivity contribution < 1.29 is 9.90 Å². The lowest BCUT2D eigenvalue weighted by Crippen LogP contribution is -2.29. The van der Waals surface area contributed by atoms with Gasteiger partial charge in [-0.2, -0.15) is 0 Å². The first-order valence-corrected chi connectivity index (χ1v) is 7.33. The summed E-state index contributed by atoms with van der Waals surface area (Å²) in [5.41, 5.74) is 2.00. The minimum absolute atomic E-state index is 0.0925. The first-order valence-electron chi connectivity index (χ1n) is 7.33. The van der Waals surface area contributed by atoms with Gasteiger partial charge in [-0.05, 0) is 18.1 Å². The van der Waals surface area contributed by atoms with Crippen molar-refractivity contribution in [2.45, 2.75) is 18.8 Å². The van der Waals surface area contributed by atoms with Gasteiger partial charge in [-0.1, -0.05) is 48.5 Å². The van der Waals surface area contributed by atoms with E-state index < -0.39 is 0 Å². The van der Waals surface area contributed by atoms with Crippen LogP contribution in [0.4, 0.5) is 0 Å². The van der Waals surface area contributed by atoms with Crippen molar-refractivity contribution in [3.05, 3.63) is 65.7 Å². The van der Waals surface area contributed by atoms with E-state index in [2.05, 4.69) is 12.1 Å². The Kier molecular flexibility index (Phi) is 3.91. The van der Waals surface area contributed by atoms with Crippen LogP contribution in [0.1, 0.15) is 23.5 Å². The molecule has 108 valence electrons. The number of aromatic hydroxyl groups is 1. The fraction of sp³-hybridized carbons (Fsp3) is 0.278. The number of amides is 1. The van der Waals surface area contributed by atoms with Gasteiger partial charge in [-0.15, -0.1) is 0 Å². The van der Waals surface area contributed by atoms with Crippen LogP contribution < -0.4 is 0 Å². The Labute approximate surface area is 124 Å². The minimum Gasteiger partial charge on any atom is -0.508 e. The van der Waals surface area contributed by atoms with Gasteiger partial charge < -0.3 is 10.0 Å². The summed E-state index contributed by atoms with van der Waals surface area (Å²) in [6, 6.07) is 17.4. The fourth-order valence-electron chi connectivity index (χ4n) is 2.92. The predicted octanol–water partition coefficient (Wildman–Crippen LogP) is 2.95. The van der Waals surface area contributed by atoms with Gasteiger partial charge in [0.05, 0.1) is 6.42 Å². The summed E-state index contributed by atoms with van der Waals surface area (Å²) in [5, 5.41) is 9.76. The molecule has 3 rings (SSSR count). The summed E-state index contributed by atoms with van der Waals surface area (Å²) in [5.74, 6) is 0.721. The number of phenolic OH excluding ortho intramolecular Hbond substituents is 1. The molecule has 1 amide bonds. The Morgan fingerprint density at radius 1 is 1.10 bits per heavy atom. The normalized spacial score (nSPS) is 17.9. The van der Waals surface area contributed by atoms with E-state index in [9.17, 15) is 9.90 Å². The number of benzene rings is 2. The third kappa shape index (κ3) is 3.07. The van der Waals surface area contributed by atoms with E-state index in [1.54, 1.807) is 18.2 Å². The van der Waals surface area contributed by atoms with Gasteiger partial charge in [-0.25, -0.2) is 0 Å². The molecule has 1 atom stereocenters. The average molecular weight is 281 g/mol. The zero-order chi connectivity index (χ0) is 14.7. The molecule has 0 aromatic heterocycles. The van der Waals surface area contributed by atoms with Crippen LogP contribution >= 0.6 is 0 Å². The van der Waals surface area contributed by atoms with Crippen molar-refractivity contribution in [3.8, 4) is 5.75 Å². The largest absolute Gasteiger partial charge is 0.508 e. The number of phenols is 1. The number of carbonyl (C=O) groups excluding carboxylic acids is 1. The summed E-state index contributed by atoms with van der Waals surface area (Å²) in [7, 11) is 0. The molecule has 1 aliphatic rings. The van der Waals surface area contributed by atoms with Gasteiger partial charge >= 0.3 is 0 Å². The van der Waals surface area contributed by atoms with E-state index in [0.717, 1.165) is 19.5 Å². The van der Waals surface area contributed by atoms with Crippen molar-refractivity contribution in [2.24, 2.45) is 0 Å². The van der Waals surface area contributed by atoms with Crippen LogP contribution in [0, 0.1) is 0 Å². The van der Waals surface area contributed by atoms with Crippen LogP contribution in [0.3, 0.4) is 0 Å². The molecule has 0 radical (unpaired) electrons. The lowest BCUT2D eigenvalue weighted by molar-refractivity contribution is -0.129. The van der Waals surface area contributed by atoms with Crippen molar-refractivity contribution in [2.75, 3.05) is 13.1 Å². The van der Waals surface area contributed by atoms with Crippen LogP contribution in [-0.2, 0) is 11.2 Å². The molecule has 0 unspecified atom stereocenters. The standard InChI is InChI=1S/C18H19NO2/c20-17-9-5-4-8-15(17)12-18(21)19-11-10-16(13-19)14-6-2-1-3-7-14/h1-9,16,20H,10-13H2/t16-/m1/s1. The molecule has 21 heavy (non-hydrogen) atoms. The van der Waals surface area contributed by atoms with E-state index >= 15 is 0 Å². The summed E-state index contributed by atoms with van der Waals surface area (Å²) in [4.78, 5) is 14.3. The summed E-state index contributed by atoms with van der Waals surface area (Å²) in [6.07, 6.45) is 1.28. The quantitative estimate of drug-likeness (QED) is 0.939. The summed E-state index contributed by atoms with van der Waals surface area (Å²) in [6.45, 7) is 1.57. The number of carbonyl (C=O) groups is 1. The fourth-order valence-corrected chi connectivity index (χ4v) is 2.92. The van der Waals surface area contributed by atoms with E-state index in [1.165, 1.54) is 5.56 Å². The first kappa shape index (κ1) is 13.7. The van der Waals surface area contributed by atoms with Crippen molar-refractivity contribution in [3.63, 3.8) is 0 Å². The molecule has 1 N–H and O–H groups in total. The lowest BCUT2D eigenvalue weighted by Gasteiger charge is -2.17. The van der Waals surface area contributed by atoms with E-state index in [-0.39, 0.29) is 18.1 Å². The maximum atomic E-state index is 12.4. The first-order chi connectivity index (χ1) is 10.2. The van der Waals surface area contributed by atoms with Crippen molar-refractivity contribution in [1.29, 1.82) is 0 Å². The number of rotatable bonds is 3. The maximum absolute atomic E-state index is 12.4. The molecule has 2 aromatic carbocycles. The molecule has 2 aromatic rings. The zero-order valence-corrected chi connectivity index (χ0v) is 11.9. The van der Waals surface area contributed by atoms with Crippen molar-refractivity contribution >= 4 is 5.91 Å². The zero-order valence-electron chi connectivity index (χ0n) is 11.9. The molecule has 0 aliphatic carbocycles. The molecule has 1 saturated heterocycles. The second-order valence-corrected chi connectivity index (χ2v) is 5.54. The SMILES string of the molecule is O=C(Cc1ccccc1O)N1CC[C@@H](c2ccccc2)C1. The van der Waals surface area contributed by atoms with Crippen LogP contribution in [0.2, 0.25) is 0 Å². The van der Waals surface area contributed by atoms with Gasteiger partial charge in [0.15, 0.2) is 0 Å². The number of hydrogen-bond acceptors (Lipinski definition) is 2. The number of likely N-dealkylation sites (tertiary alicyclic amines) is 1. The van der Waals surface area contributed by atoms with Crippen molar-refractivity contribution in [1.82, 2.24) is 4.90 Å². The van der Waals surface area contributed by atoms with Gasteiger partial charge in [0, 0.05) is 24.6 Å². The third-order valence-corrected chi connectivity index (χ3v) is 4.15. The second-order valence-electron chi connectivity index (χ2n) is 5.54. The van der Waals surface area contributed by atoms with Crippen LogP contribution in [0.25, 0.3) is 0 Å². The smallest absolute Gasteiger partial charge is 0.227 e. The molecule has 3 heteroatoms. The predicted molar refractivity (Wildman–Crippen MR) is 82.2 cm³/mol. The molecular formula is C18H19NO2. The lowest BCUT2D eigenvalue weighted by atomic mass is 9.99. The molecule has 0 bridgehead atoms. The van der Waals surface area contributed by atoms with Crippen LogP contribution in [0.15, 0.2) is 54.6 Å². The van der Waals surface area contributed by atoms with Gasteiger partial charge in [0.25, 0.3) is 0 Å². The van der Waals surface area contributed by atoms with Crippen LogP contribution in [-0.4, -0.2) is 29.0 Å². The Bertz CT molecular complexity index is 624. The second kappa shape index (κ2) is 6.00. The highest BCUT2D eigenvalue weighted by Gasteiger charge is 2.27. The number of hydrogen-bond donors (Lipinski definition) is 1. The van der Waals surface area contributed by atoms with E-state index in [1.807, 2.05) is 29.2 Å². The highest BCUT2D eigenvalue weighted by molar-refractivity contribution is 5.79. The third-order valence-electron chi connectivity index (χ3n) is 4.15. The van der Waals surface area contributed by atoms with Gasteiger partial charge in [0.1, 0.15) is 5.75 Å². The topological polar surface area (TPSA) is 40.5 Å². The molecule has 0 saturated carbocycles.